The molecule has 2 fully saturated rings. The lowest BCUT2D eigenvalue weighted by atomic mass is 9.76. The summed E-state index contributed by atoms with van der Waals surface area (Å²) < 4.78 is 5.89. The molecule has 5 atom stereocenters. The van der Waals surface area contributed by atoms with Crippen molar-refractivity contribution < 1.29 is 4.74 Å². The van der Waals surface area contributed by atoms with E-state index in [1.807, 2.05) is 0 Å². The fraction of sp³-hybridized carbons (Fsp3) is 1.00. The highest BCUT2D eigenvalue weighted by Crippen LogP contribution is 2.33. The Bertz CT molecular complexity index is 272. The highest BCUT2D eigenvalue weighted by Gasteiger charge is 2.37. The molecule has 1 saturated heterocycles. The molecule has 1 N–H and O–H groups in total. The van der Waals surface area contributed by atoms with Crippen molar-refractivity contribution in [2.45, 2.75) is 71.2 Å². The van der Waals surface area contributed by atoms with Gasteiger partial charge in [0.1, 0.15) is 0 Å². The van der Waals surface area contributed by atoms with Crippen molar-refractivity contribution in [3.8, 4) is 0 Å². The molecular weight excluding hydrogens is 236 g/mol. The molecule has 2 aliphatic rings. The van der Waals surface area contributed by atoms with Crippen molar-refractivity contribution in [3.05, 3.63) is 0 Å². The van der Waals surface area contributed by atoms with Crippen molar-refractivity contribution >= 4 is 0 Å². The zero-order chi connectivity index (χ0) is 14.0. The monoisotopic (exact) mass is 268 g/mol. The molecule has 2 rings (SSSR count). The van der Waals surface area contributed by atoms with Crippen LogP contribution in [0.4, 0.5) is 0 Å². The molecule has 0 amide bonds. The van der Waals surface area contributed by atoms with Crippen LogP contribution in [0, 0.1) is 11.8 Å². The molecule has 0 radical (unpaired) electrons. The van der Waals surface area contributed by atoms with E-state index >= 15 is 0 Å². The van der Waals surface area contributed by atoms with Gasteiger partial charge in [-0.15, -0.1) is 0 Å². The van der Waals surface area contributed by atoms with Crippen LogP contribution in [0.1, 0.15) is 47.0 Å². The van der Waals surface area contributed by atoms with Gasteiger partial charge in [-0.25, -0.2) is 0 Å². The number of ether oxygens (including phenoxy) is 1. The summed E-state index contributed by atoms with van der Waals surface area (Å²) in [7, 11) is 2.13. The number of rotatable bonds is 3. The Morgan fingerprint density at radius 3 is 2.26 bits per heavy atom. The van der Waals surface area contributed by atoms with Gasteiger partial charge in [0.2, 0.25) is 0 Å². The topological polar surface area (TPSA) is 24.5 Å². The van der Waals surface area contributed by atoms with Gasteiger partial charge < -0.3 is 10.1 Å². The van der Waals surface area contributed by atoms with Gasteiger partial charge in [0.15, 0.2) is 0 Å². The van der Waals surface area contributed by atoms with Gasteiger partial charge in [0.05, 0.1) is 12.2 Å². The van der Waals surface area contributed by atoms with Crippen LogP contribution in [-0.2, 0) is 4.74 Å². The fourth-order valence-corrected chi connectivity index (χ4v) is 4.01. The molecule has 3 nitrogen and oxygen atoms in total. The Morgan fingerprint density at radius 2 is 1.74 bits per heavy atom. The molecule has 3 heteroatoms. The normalized spacial score (nSPS) is 41.7. The Balaban J connectivity index is 2.04. The highest BCUT2D eigenvalue weighted by molar-refractivity contribution is 4.93. The third-order valence-electron chi connectivity index (χ3n) is 5.09. The molecule has 0 spiro atoms. The van der Waals surface area contributed by atoms with E-state index in [2.05, 4.69) is 45.0 Å². The van der Waals surface area contributed by atoms with Crippen LogP contribution in [0.2, 0.25) is 0 Å². The third kappa shape index (κ3) is 3.71. The molecule has 0 aromatic carbocycles. The molecule has 0 aromatic heterocycles. The standard InChI is InChI=1S/C16H32N2O/c1-11(2)14-6-7-15(17-5)16(8-14)18-9-12(3)19-13(4)10-18/h11-17H,6-10H2,1-5H3. The fourth-order valence-electron chi connectivity index (χ4n) is 4.01. The zero-order valence-electron chi connectivity index (χ0n) is 13.4. The second-order valence-electron chi connectivity index (χ2n) is 6.99. The minimum Gasteiger partial charge on any atom is -0.373 e. The van der Waals surface area contributed by atoms with E-state index < -0.39 is 0 Å². The predicted octanol–water partition coefficient (Wildman–Crippen LogP) is 2.51. The summed E-state index contributed by atoms with van der Waals surface area (Å²) in [5.74, 6) is 1.71. The van der Waals surface area contributed by atoms with E-state index in [0.29, 0.717) is 24.3 Å². The smallest absolute Gasteiger partial charge is 0.0678 e. The number of hydrogen-bond acceptors (Lipinski definition) is 3. The van der Waals surface area contributed by atoms with Gasteiger partial charge in [0.25, 0.3) is 0 Å². The number of nitrogens with one attached hydrogen (secondary N) is 1. The first-order chi connectivity index (χ1) is 9.01. The molecule has 1 aliphatic carbocycles. The minimum absolute atomic E-state index is 0.376. The molecular formula is C16H32N2O. The molecule has 1 heterocycles. The second-order valence-corrected chi connectivity index (χ2v) is 6.99. The van der Waals surface area contributed by atoms with Gasteiger partial charge in [-0.05, 0) is 52.0 Å². The molecule has 19 heavy (non-hydrogen) atoms. The number of hydrogen-bond donors (Lipinski definition) is 1. The quantitative estimate of drug-likeness (QED) is 0.851. The lowest BCUT2D eigenvalue weighted by Gasteiger charge is -2.47. The highest BCUT2D eigenvalue weighted by atomic mass is 16.5. The van der Waals surface area contributed by atoms with Crippen LogP contribution in [0.5, 0.6) is 0 Å². The number of morpholine rings is 1. The van der Waals surface area contributed by atoms with Crippen molar-refractivity contribution in [1.82, 2.24) is 10.2 Å². The summed E-state index contributed by atoms with van der Waals surface area (Å²) in [5, 5.41) is 3.56. The van der Waals surface area contributed by atoms with Crippen LogP contribution in [0.3, 0.4) is 0 Å². The van der Waals surface area contributed by atoms with Crippen LogP contribution < -0.4 is 5.32 Å². The molecule has 1 saturated carbocycles. The lowest BCUT2D eigenvalue weighted by Crippen LogP contribution is -2.58. The maximum absolute atomic E-state index is 5.89. The number of nitrogens with zero attached hydrogens (tertiary/aromatic N) is 1. The Labute approximate surface area is 119 Å². The Morgan fingerprint density at radius 1 is 1.11 bits per heavy atom. The Kier molecular flexibility index (Phi) is 5.27. The first-order valence-electron chi connectivity index (χ1n) is 8.08. The van der Waals surface area contributed by atoms with Crippen LogP contribution in [0.15, 0.2) is 0 Å². The number of likely N-dealkylation sites (N-methyl/N-ethyl adjacent to an activating group) is 1. The molecule has 1 aliphatic heterocycles. The van der Waals surface area contributed by atoms with Gasteiger partial charge >= 0.3 is 0 Å². The van der Waals surface area contributed by atoms with E-state index in [1.54, 1.807) is 0 Å². The second kappa shape index (κ2) is 6.55. The lowest BCUT2D eigenvalue weighted by molar-refractivity contribution is -0.0912. The molecule has 5 unspecified atom stereocenters. The summed E-state index contributed by atoms with van der Waals surface area (Å²) in [4.78, 5) is 2.69. The van der Waals surface area contributed by atoms with Crippen molar-refractivity contribution in [1.29, 1.82) is 0 Å². The SMILES string of the molecule is CNC1CCC(C(C)C)CC1N1CC(C)OC(C)C1. The van der Waals surface area contributed by atoms with Gasteiger partial charge in [-0.3, -0.25) is 4.90 Å². The third-order valence-corrected chi connectivity index (χ3v) is 5.09. The largest absolute Gasteiger partial charge is 0.373 e. The Hall–Kier alpha value is -0.120. The molecule has 0 aromatic rings. The van der Waals surface area contributed by atoms with Crippen molar-refractivity contribution in [3.63, 3.8) is 0 Å². The summed E-state index contributed by atoms with van der Waals surface area (Å²) in [6, 6.07) is 1.35. The molecule has 0 bridgehead atoms. The summed E-state index contributed by atoms with van der Waals surface area (Å²) in [5.41, 5.74) is 0. The average Bonchev–Trinajstić information content (AvgIpc) is 2.36. The van der Waals surface area contributed by atoms with Gasteiger partial charge in [0, 0.05) is 25.2 Å². The maximum Gasteiger partial charge on any atom is 0.0678 e. The first kappa shape index (κ1) is 15.3. The summed E-state index contributed by atoms with van der Waals surface area (Å²) >= 11 is 0. The van der Waals surface area contributed by atoms with Gasteiger partial charge in [-0.2, -0.15) is 0 Å². The summed E-state index contributed by atoms with van der Waals surface area (Å²) in [6.07, 6.45) is 4.81. The van der Waals surface area contributed by atoms with Crippen LogP contribution in [-0.4, -0.2) is 49.3 Å². The van der Waals surface area contributed by atoms with E-state index in [1.165, 1.54) is 19.3 Å². The van der Waals surface area contributed by atoms with Crippen LogP contribution in [0.25, 0.3) is 0 Å². The van der Waals surface area contributed by atoms with E-state index in [9.17, 15) is 0 Å². The van der Waals surface area contributed by atoms with E-state index in [4.69, 9.17) is 4.74 Å². The molecule has 112 valence electrons. The van der Waals surface area contributed by atoms with Crippen molar-refractivity contribution in [2.75, 3.05) is 20.1 Å². The zero-order valence-corrected chi connectivity index (χ0v) is 13.4. The van der Waals surface area contributed by atoms with Crippen LogP contribution >= 0.6 is 0 Å². The first-order valence-corrected chi connectivity index (χ1v) is 8.08. The average molecular weight is 268 g/mol. The van der Waals surface area contributed by atoms with Crippen molar-refractivity contribution in [2.24, 2.45) is 11.8 Å². The summed E-state index contributed by atoms with van der Waals surface area (Å²) in [6.45, 7) is 11.4. The predicted molar refractivity (Wildman–Crippen MR) is 80.4 cm³/mol. The minimum atomic E-state index is 0.376. The van der Waals surface area contributed by atoms with E-state index in [-0.39, 0.29) is 0 Å². The maximum atomic E-state index is 5.89. The van der Waals surface area contributed by atoms with E-state index in [0.717, 1.165) is 24.9 Å². The van der Waals surface area contributed by atoms with Gasteiger partial charge in [-0.1, -0.05) is 13.8 Å².